The lowest BCUT2D eigenvalue weighted by Crippen LogP contribution is -2.48. The van der Waals surface area contributed by atoms with Crippen LogP contribution < -0.4 is 15.8 Å². The zero-order valence-corrected chi connectivity index (χ0v) is 25.9. The van der Waals surface area contributed by atoms with Crippen LogP contribution >= 0.6 is 11.3 Å². The van der Waals surface area contributed by atoms with Gasteiger partial charge in [-0.2, -0.15) is 13.2 Å². The smallest absolute Gasteiger partial charge is 0.372 e. The second-order valence-electron chi connectivity index (χ2n) is 11.6. The van der Waals surface area contributed by atoms with Crippen LogP contribution in [0.3, 0.4) is 0 Å². The van der Waals surface area contributed by atoms with Crippen molar-refractivity contribution >= 4 is 34.5 Å². The quantitative estimate of drug-likeness (QED) is 0.320. The lowest BCUT2D eigenvalue weighted by molar-refractivity contribution is -0.138. The number of hydrogen-bond donors (Lipinski definition) is 2. The molecule has 1 saturated carbocycles. The first-order valence-electron chi connectivity index (χ1n) is 14.6. The van der Waals surface area contributed by atoms with Crippen molar-refractivity contribution in [1.82, 2.24) is 19.8 Å². The number of likely N-dealkylation sites (N-methyl/N-ethyl adjacent to an activating group) is 1. The number of aromatic amines is 1. The van der Waals surface area contributed by atoms with Crippen molar-refractivity contribution < 1.29 is 27.2 Å². The number of pyridine rings is 1. The van der Waals surface area contributed by atoms with E-state index in [0.29, 0.717) is 18.8 Å². The maximum absolute atomic E-state index is 15.8. The lowest BCUT2D eigenvalue weighted by Gasteiger charge is -2.42. The number of amides is 2. The molecule has 1 aliphatic heterocycles. The molecule has 0 unspecified atom stereocenters. The Morgan fingerprint density at radius 2 is 1.89 bits per heavy atom. The number of nitrogens with one attached hydrogen (secondary N) is 2. The molecule has 2 aliphatic rings. The third kappa shape index (κ3) is 6.75. The fourth-order valence-corrected chi connectivity index (χ4v) is 6.63. The number of benzene rings is 1. The van der Waals surface area contributed by atoms with Gasteiger partial charge in [-0.1, -0.05) is 25.8 Å². The average molecular weight is 647 g/mol. The van der Waals surface area contributed by atoms with Gasteiger partial charge in [-0.3, -0.25) is 14.4 Å². The highest BCUT2D eigenvalue weighted by atomic mass is 32.1. The van der Waals surface area contributed by atoms with Crippen molar-refractivity contribution in [3.05, 3.63) is 75.0 Å². The van der Waals surface area contributed by atoms with Gasteiger partial charge in [0.05, 0.1) is 29.0 Å². The third-order valence-electron chi connectivity index (χ3n) is 8.56. The van der Waals surface area contributed by atoms with E-state index in [0.717, 1.165) is 49.1 Å². The van der Waals surface area contributed by atoms with Gasteiger partial charge in [0.1, 0.15) is 16.5 Å². The number of carbonyl (C=O) groups is 2. The van der Waals surface area contributed by atoms with Crippen LogP contribution in [-0.2, 0) is 6.18 Å². The van der Waals surface area contributed by atoms with Crippen molar-refractivity contribution in [3.63, 3.8) is 0 Å². The minimum Gasteiger partial charge on any atom is -0.372 e. The molecular weight excluding hydrogens is 612 g/mol. The van der Waals surface area contributed by atoms with Gasteiger partial charge in [-0.05, 0) is 25.8 Å². The molecule has 0 spiro atoms. The van der Waals surface area contributed by atoms with Gasteiger partial charge in [-0.25, -0.2) is 9.37 Å². The van der Waals surface area contributed by atoms with E-state index < -0.39 is 34.6 Å². The van der Waals surface area contributed by atoms with Gasteiger partial charge in [0, 0.05) is 67.7 Å². The molecule has 1 aliphatic carbocycles. The predicted molar refractivity (Wildman–Crippen MR) is 165 cm³/mol. The summed E-state index contributed by atoms with van der Waals surface area (Å²) in [5, 5.41) is 4.23. The van der Waals surface area contributed by atoms with Crippen LogP contribution in [0.4, 0.5) is 28.9 Å². The van der Waals surface area contributed by atoms with Crippen molar-refractivity contribution in [3.8, 4) is 10.6 Å². The minimum atomic E-state index is -4.98. The first kappa shape index (κ1) is 32.2. The topological polar surface area (TPSA) is 102 Å². The highest BCUT2D eigenvalue weighted by Gasteiger charge is 2.36. The van der Waals surface area contributed by atoms with Crippen molar-refractivity contribution in [2.24, 2.45) is 0 Å². The molecule has 3 heterocycles. The largest absolute Gasteiger partial charge is 0.417 e. The second-order valence-corrected chi connectivity index (χ2v) is 12.4. The Kier molecular flexibility index (Phi) is 9.06. The molecule has 0 radical (unpaired) electrons. The molecule has 45 heavy (non-hydrogen) atoms. The molecule has 2 amide bonds. The molecule has 14 heteroatoms. The van der Waals surface area contributed by atoms with Gasteiger partial charge < -0.3 is 25.0 Å². The molecule has 2 aromatic heterocycles. The summed E-state index contributed by atoms with van der Waals surface area (Å²) in [6.45, 7) is 6.69. The lowest BCUT2D eigenvalue weighted by atomic mass is 9.94. The monoisotopic (exact) mass is 646 g/mol. The van der Waals surface area contributed by atoms with E-state index in [1.54, 1.807) is 22.2 Å². The van der Waals surface area contributed by atoms with Crippen molar-refractivity contribution in [2.75, 3.05) is 37.4 Å². The van der Waals surface area contributed by atoms with Gasteiger partial charge in [0.25, 0.3) is 11.8 Å². The van der Waals surface area contributed by atoms with Gasteiger partial charge in [0.2, 0.25) is 5.56 Å². The van der Waals surface area contributed by atoms with Crippen LogP contribution in [0.15, 0.2) is 46.8 Å². The Morgan fingerprint density at radius 3 is 2.56 bits per heavy atom. The van der Waals surface area contributed by atoms with E-state index in [9.17, 15) is 27.6 Å². The zero-order chi connectivity index (χ0) is 32.6. The first-order valence-corrected chi connectivity index (χ1v) is 15.5. The minimum absolute atomic E-state index is 0.0303. The van der Waals surface area contributed by atoms with Crippen LogP contribution in [0.25, 0.3) is 10.6 Å². The van der Waals surface area contributed by atoms with Crippen LogP contribution in [0.5, 0.6) is 0 Å². The second kappa shape index (κ2) is 12.7. The molecule has 9 nitrogen and oxygen atoms in total. The molecular formula is C31H34F4N6O3S. The average Bonchev–Trinajstić information content (AvgIpc) is 3.49. The highest BCUT2D eigenvalue weighted by molar-refractivity contribution is 7.13. The Bertz CT molecular complexity index is 1680. The Balaban J connectivity index is 1.53. The molecule has 3 aromatic rings. The number of thiazole rings is 1. The number of alkyl halides is 3. The number of halogens is 4. The van der Waals surface area contributed by atoms with Crippen molar-refractivity contribution in [2.45, 2.75) is 57.3 Å². The molecule has 0 bridgehead atoms. The normalized spacial score (nSPS) is 17.8. The summed E-state index contributed by atoms with van der Waals surface area (Å²) in [7, 11) is 3.61. The molecule has 2 N–H and O–H groups in total. The number of piperazine rings is 1. The Morgan fingerprint density at radius 1 is 1.18 bits per heavy atom. The standard InChI is InChI=1S/C31H34F4N6O3S/c1-17-14-41(15-18(2)39(17)3)26-12-23(32)20(29-38-25(16-45-29)30(44)40(4)19-8-6-5-7-9-19)10-24(26)37-28(43)21-13-36-27(42)11-22(21)31(33,34)35/h10-13,16,18-19H,1,5-9,14-15H2,2-4H3,(H,36,42)(H,37,43)/t18-/m0/s1. The molecule has 1 aromatic carbocycles. The van der Waals surface area contributed by atoms with E-state index >= 15 is 4.39 Å². The van der Waals surface area contributed by atoms with E-state index in [1.165, 1.54) is 12.1 Å². The van der Waals surface area contributed by atoms with Gasteiger partial charge in [-0.15, -0.1) is 11.3 Å². The number of aromatic nitrogens is 2. The number of nitrogens with zero attached hydrogens (tertiary/aromatic N) is 4. The maximum atomic E-state index is 15.8. The number of rotatable bonds is 6. The summed E-state index contributed by atoms with van der Waals surface area (Å²) in [5.41, 5.74) is -2.11. The summed E-state index contributed by atoms with van der Waals surface area (Å²) in [6.07, 6.45) is 0.749. The number of hydrogen-bond acceptors (Lipinski definition) is 7. The van der Waals surface area contributed by atoms with E-state index in [1.807, 2.05) is 18.9 Å². The predicted octanol–water partition coefficient (Wildman–Crippen LogP) is 5.97. The van der Waals surface area contributed by atoms with Gasteiger partial charge in [0.15, 0.2) is 0 Å². The highest BCUT2D eigenvalue weighted by Crippen LogP contribution is 2.38. The van der Waals surface area contributed by atoms with Crippen LogP contribution in [0.2, 0.25) is 0 Å². The van der Waals surface area contributed by atoms with E-state index in [4.69, 9.17) is 0 Å². The third-order valence-corrected chi connectivity index (χ3v) is 9.44. The van der Waals surface area contributed by atoms with Crippen LogP contribution in [0.1, 0.15) is 65.4 Å². The fraction of sp³-hybridized carbons (Fsp3) is 0.419. The van der Waals surface area contributed by atoms with Crippen LogP contribution in [0, 0.1) is 5.82 Å². The van der Waals surface area contributed by atoms with Gasteiger partial charge >= 0.3 is 6.18 Å². The van der Waals surface area contributed by atoms with E-state index in [2.05, 4.69) is 21.9 Å². The Labute approximate surface area is 261 Å². The molecule has 240 valence electrons. The number of H-pyrrole nitrogens is 1. The molecule has 1 atom stereocenters. The first-order chi connectivity index (χ1) is 21.2. The summed E-state index contributed by atoms with van der Waals surface area (Å²) >= 11 is 1.05. The molecule has 1 saturated heterocycles. The molecule has 2 fully saturated rings. The maximum Gasteiger partial charge on any atom is 0.417 e. The zero-order valence-electron chi connectivity index (χ0n) is 25.1. The summed E-state index contributed by atoms with van der Waals surface area (Å²) in [5.74, 6) is -2.12. The summed E-state index contributed by atoms with van der Waals surface area (Å²) in [6, 6.07) is 2.89. The molecule has 5 rings (SSSR count). The van der Waals surface area contributed by atoms with Crippen molar-refractivity contribution in [1.29, 1.82) is 0 Å². The fourth-order valence-electron chi connectivity index (χ4n) is 5.82. The number of carbonyl (C=O) groups excluding carboxylic acids is 2. The van der Waals surface area contributed by atoms with E-state index in [-0.39, 0.29) is 52.2 Å². The summed E-state index contributed by atoms with van der Waals surface area (Å²) < 4.78 is 57.1. The SMILES string of the molecule is C=C1CN(c2cc(F)c(-c3nc(C(=O)N(C)C4CCCCC4)cs3)cc2NC(=O)c2c[nH]c(=O)cc2C(F)(F)F)C[C@H](C)N1C. The Hall–Kier alpha value is -4.20. The summed E-state index contributed by atoms with van der Waals surface area (Å²) in [4.78, 5) is 50.2. The number of anilines is 2. The van der Waals surface area contributed by atoms with Crippen LogP contribution in [-0.4, -0.2) is 70.9 Å².